The third-order valence-corrected chi connectivity index (χ3v) is 6.16. The highest BCUT2D eigenvalue weighted by Crippen LogP contribution is 2.30. The topological polar surface area (TPSA) is 72.0 Å². The highest BCUT2D eigenvalue weighted by molar-refractivity contribution is 5.83. The first kappa shape index (κ1) is 17.8. The molecule has 0 radical (unpaired) electrons. The summed E-state index contributed by atoms with van der Waals surface area (Å²) in [5, 5.41) is 12.7. The van der Waals surface area contributed by atoms with Gasteiger partial charge in [-0.3, -0.25) is 0 Å². The van der Waals surface area contributed by atoms with Gasteiger partial charge in [-0.05, 0) is 70.0 Å². The first-order valence-electron chi connectivity index (χ1n) is 10.1. The van der Waals surface area contributed by atoms with Gasteiger partial charge in [-0.15, -0.1) is 0 Å². The fourth-order valence-electron chi connectivity index (χ4n) is 4.58. The molecule has 0 atom stereocenters. The van der Waals surface area contributed by atoms with E-state index in [1.165, 1.54) is 23.6 Å². The van der Waals surface area contributed by atoms with Gasteiger partial charge in [0.15, 0.2) is 0 Å². The van der Waals surface area contributed by atoms with Gasteiger partial charge in [0, 0.05) is 17.3 Å². The Hall–Kier alpha value is -2.32. The summed E-state index contributed by atoms with van der Waals surface area (Å²) in [4.78, 5) is 7.18. The summed E-state index contributed by atoms with van der Waals surface area (Å²) in [6, 6.07) is 5.67. The molecular weight excluding hydrogens is 359 g/mol. The summed E-state index contributed by atoms with van der Waals surface area (Å²) in [5.41, 5.74) is 1.14. The van der Waals surface area contributed by atoms with Crippen LogP contribution in [0.5, 0.6) is 0 Å². The molecule has 1 aromatic carbocycles. The molecule has 148 valence electrons. The maximum absolute atomic E-state index is 14.4. The van der Waals surface area contributed by atoms with Crippen molar-refractivity contribution >= 4 is 10.9 Å². The van der Waals surface area contributed by atoms with Gasteiger partial charge in [0.2, 0.25) is 5.89 Å². The Balaban J connectivity index is 1.34. The number of fused-ring (bicyclic) bond motifs is 1. The monoisotopic (exact) mass is 384 g/mol. The van der Waals surface area contributed by atoms with Crippen molar-refractivity contribution in [1.82, 2.24) is 30.1 Å². The van der Waals surface area contributed by atoms with E-state index in [2.05, 4.69) is 25.5 Å². The van der Waals surface area contributed by atoms with Gasteiger partial charge >= 0.3 is 0 Å². The van der Waals surface area contributed by atoms with Crippen LogP contribution in [0.1, 0.15) is 43.2 Å². The SMILES string of the molecule is Cc1nn(-c2noc(C3CCN(C4CCNCC4)CC3)n2)c2c(F)cccc12. The smallest absolute Gasteiger partial charge is 0.291 e. The number of piperidine rings is 2. The minimum absolute atomic E-state index is 0.256. The van der Waals surface area contributed by atoms with E-state index in [9.17, 15) is 4.39 Å². The third-order valence-electron chi connectivity index (χ3n) is 6.16. The standard InChI is InChI=1S/C20H25FN6O/c1-13-16-3-2-4-17(21)18(16)27(24-13)20-23-19(28-25-20)14-7-11-26(12-8-14)15-5-9-22-10-6-15/h2-4,14-15,22H,5-12H2,1H3. The van der Waals surface area contributed by atoms with E-state index >= 15 is 0 Å². The molecule has 1 N–H and O–H groups in total. The predicted octanol–water partition coefficient (Wildman–Crippen LogP) is 2.79. The van der Waals surface area contributed by atoms with Gasteiger partial charge in [-0.1, -0.05) is 12.1 Å². The van der Waals surface area contributed by atoms with Gasteiger partial charge in [0.1, 0.15) is 11.3 Å². The van der Waals surface area contributed by atoms with Crippen LogP contribution in [-0.4, -0.2) is 57.0 Å². The normalized spacial score (nSPS) is 20.2. The quantitative estimate of drug-likeness (QED) is 0.749. The van der Waals surface area contributed by atoms with Crippen molar-refractivity contribution in [3.8, 4) is 5.95 Å². The van der Waals surface area contributed by atoms with Crippen LogP contribution in [0.25, 0.3) is 16.9 Å². The fourth-order valence-corrected chi connectivity index (χ4v) is 4.58. The van der Waals surface area contributed by atoms with Crippen LogP contribution in [-0.2, 0) is 0 Å². The van der Waals surface area contributed by atoms with Crippen LogP contribution in [0.3, 0.4) is 0 Å². The fraction of sp³-hybridized carbons (Fsp3) is 0.550. The van der Waals surface area contributed by atoms with Crippen molar-refractivity contribution in [3.05, 3.63) is 35.6 Å². The molecule has 2 aliphatic rings. The number of nitrogens with zero attached hydrogens (tertiary/aromatic N) is 5. The summed E-state index contributed by atoms with van der Waals surface area (Å²) in [5.74, 6) is 0.864. The highest BCUT2D eigenvalue weighted by atomic mass is 19.1. The van der Waals surface area contributed by atoms with Gasteiger partial charge in [0.25, 0.3) is 5.95 Å². The molecule has 7 nitrogen and oxygen atoms in total. The minimum atomic E-state index is -0.334. The van der Waals surface area contributed by atoms with Gasteiger partial charge < -0.3 is 14.7 Å². The van der Waals surface area contributed by atoms with Crippen LogP contribution >= 0.6 is 0 Å². The Labute approximate surface area is 162 Å². The summed E-state index contributed by atoms with van der Waals surface area (Å²) in [7, 11) is 0. The number of likely N-dealkylation sites (tertiary alicyclic amines) is 1. The van der Waals surface area contributed by atoms with Crippen molar-refractivity contribution < 1.29 is 8.91 Å². The second-order valence-electron chi connectivity index (χ2n) is 7.86. The van der Waals surface area contributed by atoms with Gasteiger partial charge in [-0.25, -0.2) is 4.39 Å². The number of para-hydroxylation sites is 1. The van der Waals surface area contributed by atoms with E-state index in [0.717, 1.165) is 50.1 Å². The lowest BCUT2D eigenvalue weighted by Crippen LogP contribution is -2.46. The molecule has 2 aromatic heterocycles. The van der Waals surface area contributed by atoms with Crippen LogP contribution in [0, 0.1) is 12.7 Å². The molecule has 0 aliphatic carbocycles. The number of hydrogen-bond donors (Lipinski definition) is 1. The average Bonchev–Trinajstić information content (AvgIpc) is 3.35. The zero-order valence-corrected chi connectivity index (χ0v) is 16.1. The molecule has 28 heavy (non-hydrogen) atoms. The Morgan fingerprint density at radius 3 is 2.71 bits per heavy atom. The van der Waals surface area contributed by atoms with Gasteiger partial charge in [0.05, 0.1) is 5.69 Å². The summed E-state index contributed by atoms with van der Waals surface area (Å²) in [6.07, 6.45) is 4.48. The molecule has 8 heteroatoms. The number of nitrogens with one attached hydrogen (secondary N) is 1. The summed E-state index contributed by atoms with van der Waals surface area (Å²) >= 11 is 0. The zero-order valence-electron chi connectivity index (χ0n) is 16.1. The first-order chi connectivity index (χ1) is 13.7. The first-order valence-corrected chi connectivity index (χ1v) is 10.1. The second kappa shape index (κ2) is 7.25. The Morgan fingerprint density at radius 2 is 1.93 bits per heavy atom. The molecule has 0 amide bonds. The lowest BCUT2D eigenvalue weighted by Gasteiger charge is -2.38. The number of aryl methyl sites for hydroxylation is 1. The molecular formula is C20H25FN6O. The number of rotatable bonds is 3. The maximum Gasteiger partial charge on any atom is 0.291 e. The van der Waals surface area contributed by atoms with Crippen molar-refractivity contribution in [1.29, 1.82) is 0 Å². The van der Waals surface area contributed by atoms with E-state index in [4.69, 9.17) is 4.52 Å². The lowest BCUT2D eigenvalue weighted by atomic mass is 9.94. The number of halogens is 1. The predicted molar refractivity (Wildman–Crippen MR) is 103 cm³/mol. The zero-order chi connectivity index (χ0) is 19.1. The molecule has 4 heterocycles. The summed E-state index contributed by atoms with van der Waals surface area (Å²) in [6.45, 7) is 6.21. The molecule has 2 aliphatic heterocycles. The lowest BCUT2D eigenvalue weighted by molar-refractivity contribution is 0.120. The van der Waals surface area contributed by atoms with Crippen LogP contribution in [0.15, 0.2) is 22.7 Å². The average molecular weight is 384 g/mol. The van der Waals surface area contributed by atoms with E-state index in [-0.39, 0.29) is 11.7 Å². The van der Waals surface area contributed by atoms with Crippen LogP contribution in [0.4, 0.5) is 4.39 Å². The molecule has 2 fully saturated rings. The molecule has 0 bridgehead atoms. The third kappa shape index (κ3) is 3.10. The number of hydrogen-bond acceptors (Lipinski definition) is 6. The van der Waals surface area contributed by atoms with E-state index in [1.807, 2.05) is 13.0 Å². The van der Waals surface area contributed by atoms with E-state index in [1.54, 1.807) is 6.07 Å². The number of benzene rings is 1. The minimum Gasteiger partial charge on any atom is -0.337 e. The molecule has 2 saturated heterocycles. The Bertz CT molecular complexity index is 968. The van der Waals surface area contributed by atoms with Crippen molar-refractivity contribution in [2.75, 3.05) is 26.2 Å². The molecule has 5 rings (SSSR count). The summed E-state index contributed by atoms with van der Waals surface area (Å²) < 4.78 is 21.4. The number of aromatic nitrogens is 4. The van der Waals surface area contributed by atoms with Crippen molar-refractivity contribution in [2.45, 2.75) is 44.6 Å². The molecule has 0 saturated carbocycles. The molecule has 3 aromatic rings. The van der Waals surface area contributed by atoms with Crippen LogP contribution < -0.4 is 5.32 Å². The molecule has 0 unspecified atom stereocenters. The molecule has 0 spiro atoms. The Kier molecular flexibility index (Phi) is 4.60. The van der Waals surface area contributed by atoms with E-state index < -0.39 is 0 Å². The van der Waals surface area contributed by atoms with Crippen molar-refractivity contribution in [3.63, 3.8) is 0 Å². The van der Waals surface area contributed by atoms with Crippen molar-refractivity contribution in [2.24, 2.45) is 0 Å². The van der Waals surface area contributed by atoms with Crippen LogP contribution in [0.2, 0.25) is 0 Å². The largest absolute Gasteiger partial charge is 0.337 e. The maximum atomic E-state index is 14.4. The Morgan fingerprint density at radius 1 is 1.14 bits per heavy atom. The van der Waals surface area contributed by atoms with E-state index in [0.29, 0.717) is 23.4 Å². The highest BCUT2D eigenvalue weighted by Gasteiger charge is 2.30. The van der Waals surface area contributed by atoms with Gasteiger partial charge in [-0.2, -0.15) is 14.8 Å². The second-order valence-corrected chi connectivity index (χ2v) is 7.86.